The van der Waals surface area contributed by atoms with Gasteiger partial charge < -0.3 is 5.11 Å². The Bertz CT molecular complexity index is 298. The van der Waals surface area contributed by atoms with Crippen LogP contribution < -0.4 is 0 Å². The van der Waals surface area contributed by atoms with Crippen molar-refractivity contribution < 1.29 is 14.7 Å². The van der Waals surface area contributed by atoms with Crippen LogP contribution in [-0.2, 0) is 9.59 Å². The van der Waals surface area contributed by atoms with Gasteiger partial charge in [0.05, 0.1) is 18.7 Å². The predicted octanol–water partition coefficient (Wildman–Crippen LogP) is -1.09. The van der Waals surface area contributed by atoms with Crippen LogP contribution in [0.25, 0.3) is 0 Å². The van der Waals surface area contributed by atoms with Crippen LogP contribution in [0.5, 0.6) is 0 Å². The smallest absolute Gasteiger partial charge is 0.269 e. The molecule has 0 aromatic carbocycles. The van der Waals surface area contributed by atoms with Crippen molar-refractivity contribution in [2.24, 2.45) is 0 Å². The average Bonchev–Trinajstić information content (AvgIpc) is 2.32. The highest BCUT2D eigenvalue weighted by Gasteiger charge is 2.28. The van der Waals surface area contributed by atoms with Crippen LogP contribution in [0.4, 0.5) is 0 Å². The molecule has 0 unspecified atom stereocenters. The molecule has 1 N–H and O–H groups in total. The number of rotatable bonds is 2. The van der Waals surface area contributed by atoms with Crippen molar-refractivity contribution in [3.05, 3.63) is 11.6 Å². The van der Waals surface area contributed by atoms with Crippen LogP contribution in [0, 0.1) is 12.3 Å². The van der Waals surface area contributed by atoms with Gasteiger partial charge in [-0.3, -0.25) is 14.5 Å². The molecule has 2 amide bonds. The van der Waals surface area contributed by atoms with E-state index >= 15 is 0 Å². The zero-order chi connectivity index (χ0) is 9.14. The molecule has 62 valence electrons. The van der Waals surface area contributed by atoms with Crippen molar-refractivity contribution in [2.45, 2.75) is 0 Å². The van der Waals surface area contributed by atoms with Gasteiger partial charge in [-0.2, -0.15) is 0 Å². The molecular weight excluding hydrogens is 158 g/mol. The van der Waals surface area contributed by atoms with E-state index in [1.54, 1.807) is 0 Å². The van der Waals surface area contributed by atoms with Gasteiger partial charge in [0.15, 0.2) is 0 Å². The molecule has 0 fully saturated rings. The minimum atomic E-state index is -0.503. The van der Waals surface area contributed by atoms with Gasteiger partial charge in [-0.05, 0) is 0 Å². The highest BCUT2D eigenvalue weighted by Crippen LogP contribution is 2.10. The van der Waals surface area contributed by atoms with Gasteiger partial charge >= 0.3 is 0 Å². The topological polar surface area (TPSA) is 57.6 Å². The molecule has 0 aromatic rings. The molecule has 1 heterocycles. The second kappa shape index (κ2) is 3.20. The Labute approximate surface area is 69.5 Å². The lowest BCUT2D eigenvalue weighted by Crippen LogP contribution is -2.33. The summed E-state index contributed by atoms with van der Waals surface area (Å²) in [4.78, 5) is 23.0. The van der Waals surface area contributed by atoms with Crippen LogP contribution in [0.2, 0.25) is 0 Å². The first-order valence-corrected chi connectivity index (χ1v) is 3.35. The van der Waals surface area contributed by atoms with Crippen molar-refractivity contribution in [3.63, 3.8) is 0 Å². The lowest BCUT2D eigenvalue weighted by atomic mass is 10.3. The molecule has 0 aromatic heterocycles. The minimum absolute atomic E-state index is 0.000648. The van der Waals surface area contributed by atoms with Crippen LogP contribution in [-0.4, -0.2) is 35.0 Å². The SMILES string of the molecule is C#CC1=CC(=O)N(CCO)C1=O. The van der Waals surface area contributed by atoms with E-state index in [0.29, 0.717) is 0 Å². The Kier molecular flexibility index (Phi) is 2.26. The fourth-order valence-electron chi connectivity index (χ4n) is 0.924. The third kappa shape index (κ3) is 1.22. The van der Waals surface area contributed by atoms with Gasteiger partial charge in [0, 0.05) is 6.08 Å². The van der Waals surface area contributed by atoms with Crippen molar-refractivity contribution in [1.29, 1.82) is 0 Å². The van der Waals surface area contributed by atoms with Gasteiger partial charge in [0.25, 0.3) is 11.8 Å². The van der Waals surface area contributed by atoms with E-state index in [9.17, 15) is 9.59 Å². The van der Waals surface area contributed by atoms with E-state index in [-0.39, 0.29) is 18.7 Å². The van der Waals surface area contributed by atoms with E-state index in [2.05, 4.69) is 5.92 Å². The second-order valence-electron chi connectivity index (χ2n) is 2.22. The van der Waals surface area contributed by atoms with Crippen molar-refractivity contribution in [1.82, 2.24) is 4.90 Å². The van der Waals surface area contributed by atoms with Crippen molar-refractivity contribution in [2.75, 3.05) is 13.2 Å². The Morgan fingerprint density at radius 1 is 1.58 bits per heavy atom. The Hall–Kier alpha value is -1.60. The molecule has 0 atom stereocenters. The molecule has 1 aliphatic heterocycles. The second-order valence-corrected chi connectivity index (χ2v) is 2.22. The molecular formula is C8H7NO3. The van der Waals surface area contributed by atoms with E-state index in [1.165, 1.54) is 0 Å². The number of aliphatic hydroxyl groups is 1. The lowest BCUT2D eigenvalue weighted by Gasteiger charge is -2.10. The first kappa shape index (κ1) is 8.50. The summed E-state index contributed by atoms with van der Waals surface area (Å²) in [5.74, 6) is 1.14. The number of terminal acetylenes is 1. The molecule has 0 aliphatic carbocycles. The molecule has 1 rings (SSSR count). The normalized spacial score (nSPS) is 16.3. The predicted molar refractivity (Wildman–Crippen MR) is 40.7 cm³/mol. The maximum Gasteiger partial charge on any atom is 0.269 e. The molecule has 4 heteroatoms. The summed E-state index contributed by atoms with van der Waals surface area (Å²) in [7, 11) is 0. The Morgan fingerprint density at radius 3 is 2.67 bits per heavy atom. The van der Waals surface area contributed by atoms with Crippen LogP contribution in [0.15, 0.2) is 11.6 Å². The van der Waals surface area contributed by atoms with Crippen LogP contribution >= 0.6 is 0 Å². The summed E-state index contributed by atoms with van der Waals surface area (Å²) in [6.45, 7) is -0.248. The first-order chi connectivity index (χ1) is 5.70. The molecule has 12 heavy (non-hydrogen) atoms. The third-order valence-electron chi connectivity index (χ3n) is 1.49. The quantitative estimate of drug-likeness (QED) is 0.417. The maximum atomic E-state index is 11.1. The summed E-state index contributed by atoms with van der Waals surface area (Å²) >= 11 is 0. The van der Waals surface area contributed by atoms with Gasteiger partial charge in [-0.15, -0.1) is 6.42 Å². The molecule has 0 saturated heterocycles. The first-order valence-electron chi connectivity index (χ1n) is 3.35. The highest BCUT2D eigenvalue weighted by atomic mass is 16.3. The van der Waals surface area contributed by atoms with E-state index in [0.717, 1.165) is 11.0 Å². The molecule has 0 bridgehead atoms. The van der Waals surface area contributed by atoms with Crippen molar-refractivity contribution >= 4 is 11.8 Å². The molecule has 0 spiro atoms. The molecule has 4 nitrogen and oxygen atoms in total. The molecule has 1 aliphatic rings. The number of hydrogen-bond acceptors (Lipinski definition) is 3. The summed E-state index contributed by atoms with van der Waals surface area (Å²) in [5.41, 5.74) is 0.0495. The van der Waals surface area contributed by atoms with Gasteiger partial charge in [-0.25, -0.2) is 0 Å². The van der Waals surface area contributed by atoms with Gasteiger partial charge in [0.2, 0.25) is 0 Å². The highest BCUT2D eigenvalue weighted by molar-refractivity contribution is 6.18. The fourth-order valence-corrected chi connectivity index (χ4v) is 0.924. The summed E-state index contributed by atoms with van der Waals surface area (Å²) in [6, 6.07) is 0. The standard InChI is InChI=1S/C8H7NO3/c1-2-6-5-7(11)9(3-4-10)8(6)12/h1,5,10H,3-4H2. The number of nitrogens with zero attached hydrogens (tertiary/aromatic N) is 1. The largest absolute Gasteiger partial charge is 0.395 e. The van der Waals surface area contributed by atoms with Crippen LogP contribution in [0.3, 0.4) is 0 Å². The summed E-state index contributed by atoms with van der Waals surface area (Å²) < 4.78 is 0. The number of β-amino-alcohol motifs (C(OH)–C–C–N with tert-alkyl or cyclic N) is 1. The van der Waals surface area contributed by atoms with Crippen molar-refractivity contribution in [3.8, 4) is 12.3 Å². The minimum Gasteiger partial charge on any atom is -0.395 e. The van der Waals surface area contributed by atoms with E-state index in [4.69, 9.17) is 11.5 Å². The third-order valence-corrected chi connectivity index (χ3v) is 1.49. The number of imide groups is 1. The number of aliphatic hydroxyl groups excluding tert-OH is 1. The summed E-state index contributed by atoms with van der Waals surface area (Å²) in [6.07, 6.45) is 6.06. The number of amides is 2. The lowest BCUT2D eigenvalue weighted by molar-refractivity contribution is -0.137. The van der Waals surface area contributed by atoms with E-state index in [1.807, 2.05) is 0 Å². The molecule has 0 radical (unpaired) electrons. The number of hydrogen-bond donors (Lipinski definition) is 1. The summed E-state index contributed by atoms with van der Waals surface area (Å²) in [5, 5.41) is 8.50. The maximum absolute atomic E-state index is 11.1. The Balaban J connectivity index is 2.82. The number of carbonyl (C=O) groups is 2. The Morgan fingerprint density at radius 2 is 2.25 bits per heavy atom. The average molecular weight is 165 g/mol. The fraction of sp³-hybridized carbons (Fsp3) is 0.250. The zero-order valence-corrected chi connectivity index (χ0v) is 6.28. The van der Waals surface area contributed by atoms with Crippen LogP contribution in [0.1, 0.15) is 0 Å². The van der Waals surface area contributed by atoms with Gasteiger partial charge in [-0.1, -0.05) is 5.92 Å². The monoisotopic (exact) mass is 165 g/mol. The van der Waals surface area contributed by atoms with E-state index < -0.39 is 11.8 Å². The van der Waals surface area contributed by atoms with Gasteiger partial charge in [0.1, 0.15) is 0 Å². The molecule has 0 saturated carbocycles. The number of carbonyl (C=O) groups excluding carboxylic acids is 2. The zero-order valence-electron chi connectivity index (χ0n) is 6.28.